The number of carbonyl (C=O) groups is 1. The van der Waals surface area contributed by atoms with Crippen LogP contribution >= 0.6 is 0 Å². The molecule has 1 aromatic heterocycles. The van der Waals surface area contributed by atoms with Gasteiger partial charge in [0.25, 0.3) is 0 Å². The Morgan fingerprint density at radius 3 is 2.71 bits per heavy atom. The largest absolute Gasteiger partial charge is 0.296 e. The van der Waals surface area contributed by atoms with E-state index in [2.05, 4.69) is 5.10 Å². The monoisotopic (exact) mass is 232 g/mol. The molecule has 0 aliphatic rings. The van der Waals surface area contributed by atoms with Gasteiger partial charge in [0.1, 0.15) is 11.5 Å². The lowest BCUT2D eigenvalue weighted by Crippen LogP contribution is -2.05. The van der Waals surface area contributed by atoms with E-state index < -0.39 is 0 Å². The van der Waals surface area contributed by atoms with Gasteiger partial charge in [-0.15, -0.1) is 0 Å². The van der Waals surface area contributed by atoms with Crippen molar-refractivity contribution >= 4 is 6.29 Å². The summed E-state index contributed by atoms with van der Waals surface area (Å²) in [5, 5.41) is 4.16. The van der Waals surface area contributed by atoms with Gasteiger partial charge in [-0.2, -0.15) is 5.10 Å². The molecule has 4 heteroatoms. The van der Waals surface area contributed by atoms with Crippen LogP contribution in [0.15, 0.2) is 30.3 Å². The Kier molecular flexibility index (Phi) is 3.04. The number of carbonyl (C=O) groups excluding carboxylic acids is 1. The van der Waals surface area contributed by atoms with Crippen LogP contribution in [0.3, 0.4) is 0 Å². The molecule has 0 aliphatic heterocycles. The quantitative estimate of drug-likeness (QED) is 0.762. The van der Waals surface area contributed by atoms with Gasteiger partial charge in [-0.1, -0.05) is 12.1 Å². The Labute approximate surface area is 98.9 Å². The molecule has 0 atom stereocenters. The number of rotatable bonds is 3. The lowest BCUT2D eigenvalue weighted by atomic mass is 10.1. The fourth-order valence-corrected chi connectivity index (χ4v) is 1.73. The molecular formula is C13H13FN2O. The van der Waals surface area contributed by atoms with Crippen molar-refractivity contribution in [1.29, 1.82) is 0 Å². The summed E-state index contributed by atoms with van der Waals surface area (Å²) in [6.45, 7) is 3.93. The van der Waals surface area contributed by atoms with Crippen LogP contribution in [-0.4, -0.2) is 16.1 Å². The van der Waals surface area contributed by atoms with Gasteiger partial charge in [-0.3, -0.25) is 9.48 Å². The first kappa shape index (κ1) is 11.5. The molecule has 0 saturated carbocycles. The predicted molar refractivity (Wildman–Crippen MR) is 63.4 cm³/mol. The van der Waals surface area contributed by atoms with Crippen molar-refractivity contribution in [2.75, 3.05) is 0 Å². The molecule has 0 spiro atoms. The highest BCUT2D eigenvalue weighted by Crippen LogP contribution is 2.23. The zero-order chi connectivity index (χ0) is 12.4. The molecule has 0 amide bonds. The molecular weight excluding hydrogens is 219 g/mol. The van der Waals surface area contributed by atoms with E-state index in [-0.39, 0.29) is 11.9 Å². The Balaban J connectivity index is 2.57. The molecule has 0 fully saturated rings. The number of benzene rings is 1. The van der Waals surface area contributed by atoms with E-state index in [0.29, 0.717) is 12.0 Å². The van der Waals surface area contributed by atoms with Crippen LogP contribution in [0.5, 0.6) is 0 Å². The summed E-state index contributed by atoms with van der Waals surface area (Å²) in [5.41, 5.74) is 1.83. The number of hydrogen-bond acceptors (Lipinski definition) is 2. The number of hydrogen-bond donors (Lipinski definition) is 0. The van der Waals surface area contributed by atoms with Crippen molar-refractivity contribution in [3.05, 3.63) is 41.8 Å². The zero-order valence-corrected chi connectivity index (χ0v) is 9.72. The molecule has 1 heterocycles. The minimum absolute atomic E-state index is 0.113. The Bertz CT molecular complexity index is 546. The summed E-state index contributed by atoms with van der Waals surface area (Å²) in [7, 11) is 0. The van der Waals surface area contributed by atoms with E-state index >= 15 is 0 Å². The van der Waals surface area contributed by atoms with E-state index in [9.17, 15) is 9.18 Å². The smallest absolute Gasteiger partial charge is 0.170 e. The van der Waals surface area contributed by atoms with Crippen LogP contribution in [0.1, 0.15) is 30.4 Å². The number of nitrogens with zero attached hydrogens (tertiary/aromatic N) is 2. The lowest BCUT2D eigenvalue weighted by Gasteiger charge is -2.10. The van der Waals surface area contributed by atoms with Crippen LogP contribution < -0.4 is 0 Å². The van der Waals surface area contributed by atoms with Crippen LogP contribution in [0.2, 0.25) is 0 Å². The molecule has 0 unspecified atom stereocenters. The maximum atomic E-state index is 13.2. The molecule has 2 aromatic rings. The van der Waals surface area contributed by atoms with E-state index in [0.717, 1.165) is 11.3 Å². The summed E-state index contributed by atoms with van der Waals surface area (Å²) < 4.78 is 14.9. The fraction of sp³-hybridized carbons (Fsp3) is 0.231. The van der Waals surface area contributed by atoms with Crippen molar-refractivity contribution < 1.29 is 9.18 Å². The first-order valence-corrected chi connectivity index (χ1v) is 5.42. The highest BCUT2D eigenvalue weighted by Gasteiger charge is 2.12. The minimum atomic E-state index is -0.299. The fourth-order valence-electron chi connectivity index (χ4n) is 1.73. The van der Waals surface area contributed by atoms with Gasteiger partial charge in [0.05, 0.1) is 5.69 Å². The lowest BCUT2D eigenvalue weighted by molar-refractivity contribution is 0.111. The summed E-state index contributed by atoms with van der Waals surface area (Å²) in [5.74, 6) is -0.299. The topological polar surface area (TPSA) is 34.9 Å². The molecule has 0 N–H and O–H groups in total. The minimum Gasteiger partial charge on any atom is -0.296 e. The Hall–Kier alpha value is -1.97. The third-order valence-electron chi connectivity index (χ3n) is 2.48. The third kappa shape index (κ3) is 2.25. The van der Waals surface area contributed by atoms with Crippen LogP contribution in [0.25, 0.3) is 11.3 Å². The first-order chi connectivity index (χ1) is 8.11. The molecule has 1 aromatic carbocycles. The maximum Gasteiger partial charge on any atom is 0.170 e. The third-order valence-corrected chi connectivity index (χ3v) is 2.48. The second-order valence-electron chi connectivity index (χ2n) is 4.12. The van der Waals surface area contributed by atoms with Crippen LogP contribution in [0.4, 0.5) is 4.39 Å². The van der Waals surface area contributed by atoms with Gasteiger partial charge < -0.3 is 0 Å². The van der Waals surface area contributed by atoms with Gasteiger partial charge >= 0.3 is 0 Å². The SMILES string of the molecule is CC(C)n1nc(C=O)cc1-c1cccc(F)c1. The Morgan fingerprint density at radius 2 is 2.12 bits per heavy atom. The highest BCUT2D eigenvalue weighted by molar-refractivity contribution is 5.75. The van der Waals surface area contributed by atoms with Gasteiger partial charge in [0, 0.05) is 11.6 Å². The van der Waals surface area contributed by atoms with E-state index in [1.165, 1.54) is 12.1 Å². The second kappa shape index (κ2) is 4.49. The summed E-state index contributed by atoms with van der Waals surface area (Å²) in [4.78, 5) is 10.7. The van der Waals surface area contributed by atoms with Crippen molar-refractivity contribution in [3.63, 3.8) is 0 Å². The van der Waals surface area contributed by atoms with Crippen LogP contribution in [-0.2, 0) is 0 Å². The van der Waals surface area contributed by atoms with Crippen molar-refractivity contribution in [3.8, 4) is 11.3 Å². The first-order valence-electron chi connectivity index (χ1n) is 5.42. The number of aldehydes is 1. The molecule has 88 valence electrons. The normalized spacial score (nSPS) is 10.8. The molecule has 3 nitrogen and oxygen atoms in total. The number of aromatic nitrogens is 2. The maximum absolute atomic E-state index is 13.2. The standard InChI is InChI=1S/C13H13FN2O/c1-9(2)16-13(7-12(8-17)15-16)10-4-3-5-11(14)6-10/h3-9H,1-2H3. The average Bonchev–Trinajstić information content (AvgIpc) is 2.73. The predicted octanol–water partition coefficient (Wildman–Crippen LogP) is 3.08. The molecule has 0 saturated heterocycles. The molecule has 17 heavy (non-hydrogen) atoms. The summed E-state index contributed by atoms with van der Waals surface area (Å²) in [6.07, 6.45) is 0.696. The van der Waals surface area contributed by atoms with Crippen molar-refractivity contribution in [1.82, 2.24) is 9.78 Å². The van der Waals surface area contributed by atoms with Gasteiger partial charge in [0.15, 0.2) is 6.29 Å². The van der Waals surface area contributed by atoms with E-state index in [4.69, 9.17) is 0 Å². The molecule has 0 bridgehead atoms. The molecule has 0 aliphatic carbocycles. The van der Waals surface area contributed by atoms with Gasteiger partial charge in [-0.25, -0.2) is 4.39 Å². The van der Waals surface area contributed by atoms with Gasteiger partial charge in [0.2, 0.25) is 0 Å². The zero-order valence-electron chi connectivity index (χ0n) is 9.72. The van der Waals surface area contributed by atoms with E-state index in [1.807, 2.05) is 13.8 Å². The second-order valence-corrected chi connectivity index (χ2v) is 4.12. The van der Waals surface area contributed by atoms with Gasteiger partial charge in [-0.05, 0) is 32.0 Å². The Morgan fingerprint density at radius 1 is 1.35 bits per heavy atom. The summed E-state index contributed by atoms with van der Waals surface area (Å²) >= 11 is 0. The molecule has 0 radical (unpaired) electrons. The van der Waals surface area contributed by atoms with Crippen LogP contribution in [0, 0.1) is 5.82 Å². The van der Waals surface area contributed by atoms with E-state index in [1.54, 1.807) is 22.9 Å². The number of halogens is 1. The summed E-state index contributed by atoms with van der Waals surface area (Å²) in [6, 6.07) is 8.05. The average molecular weight is 232 g/mol. The van der Waals surface area contributed by atoms with Crippen molar-refractivity contribution in [2.45, 2.75) is 19.9 Å². The van der Waals surface area contributed by atoms with Crippen molar-refractivity contribution in [2.24, 2.45) is 0 Å². The highest BCUT2D eigenvalue weighted by atomic mass is 19.1. The molecule has 2 rings (SSSR count).